The van der Waals surface area contributed by atoms with E-state index in [9.17, 15) is 0 Å². The summed E-state index contributed by atoms with van der Waals surface area (Å²) in [6.45, 7) is 2.04. The van der Waals surface area contributed by atoms with Crippen LogP contribution < -0.4 is 0 Å². The van der Waals surface area contributed by atoms with Gasteiger partial charge in [0.05, 0.1) is 5.69 Å². The van der Waals surface area contributed by atoms with Gasteiger partial charge >= 0.3 is 0 Å². The first-order valence-corrected chi connectivity index (χ1v) is 10.8. The molecule has 0 fully saturated rings. The molecular weight excluding hydrogens is 464 g/mol. The van der Waals surface area contributed by atoms with Crippen molar-refractivity contribution in [2.75, 3.05) is 0 Å². The lowest BCUT2D eigenvalue weighted by molar-refractivity contribution is 0.685. The Morgan fingerprint density at radius 2 is 1.70 bits per heavy atom. The topological polar surface area (TPSA) is 25.8 Å². The minimum Gasteiger partial charge on any atom is -0.254 e. The van der Waals surface area contributed by atoms with Gasteiger partial charge in [0.25, 0.3) is 0 Å². The Morgan fingerprint density at radius 3 is 2.52 bits per heavy atom. The minimum absolute atomic E-state index is 0.870. The second-order valence-electron chi connectivity index (χ2n) is 6.99. The van der Waals surface area contributed by atoms with Crippen LogP contribution in [0.15, 0.2) is 51.8 Å². The molecule has 0 unspecified atom stereocenters. The zero-order valence-corrected chi connectivity index (χ0v) is 18.3. The summed E-state index contributed by atoms with van der Waals surface area (Å²) < 4.78 is 1.84. The lowest BCUT2D eigenvalue weighted by Crippen LogP contribution is -2.02. The van der Waals surface area contributed by atoms with Crippen LogP contribution in [0.25, 0.3) is 23.4 Å². The molecule has 1 aromatic carbocycles. The predicted octanol–water partition coefficient (Wildman–Crippen LogP) is 7.03. The first-order chi connectivity index (χ1) is 13.1. The maximum Gasteiger partial charge on any atom is 0.109 e. The quantitative estimate of drug-likeness (QED) is 0.374. The fourth-order valence-electron chi connectivity index (χ4n) is 3.55. The van der Waals surface area contributed by atoms with E-state index in [2.05, 4.69) is 84.3 Å². The molecule has 0 saturated carbocycles. The highest BCUT2D eigenvalue weighted by Gasteiger charge is 2.10. The van der Waals surface area contributed by atoms with E-state index in [0.29, 0.717) is 0 Å². The summed E-state index contributed by atoms with van der Waals surface area (Å²) in [4.78, 5) is 9.07. The monoisotopic (exact) mass is 482 g/mol. The molecule has 0 saturated heterocycles. The van der Waals surface area contributed by atoms with Crippen LogP contribution in [-0.4, -0.2) is 9.97 Å². The van der Waals surface area contributed by atoms with Crippen LogP contribution in [-0.2, 0) is 12.8 Å². The number of aromatic nitrogens is 2. The van der Waals surface area contributed by atoms with Crippen LogP contribution in [0.4, 0.5) is 0 Å². The van der Waals surface area contributed by atoms with Crippen molar-refractivity contribution < 1.29 is 0 Å². The van der Waals surface area contributed by atoms with Gasteiger partial charge in [0, 0.05) is 28.0 Å². The minimum atomic E-state index is 0.870. The summed E-state index contributed by atoms with van der Waals surface area (Å²) in [5.74, 6) is 0. The van der Waals surface area contributed by atoms with Gasteiger partial charge in [-0.1, -0.05) is 30.4 Å². The Labute approximate surface area is 177 Å². The Bertz CT molecular complexity index is 1020. The van der Waals surface area contributed by atoms with Gasteiger partial charge in [0.15, 0.2) is 0 Å². The number of hydrogen-bond donors (Lipinski definition) is 0. The fraction of sp³-hybridized carbons (Fsp3) is 0.217. The lowest BCUT2D eigenvalue weighted by atomic mass is 9.90. The maximum absolute atomic E-state index is 4.65. The SMILES string of the molecule is Cc1cc(-c2ncc(Br)cc2/C=C/c2ccc3c(c2)CCCC3)cnc1Br. The van der Waals surface area contributed by atoms with E-state index in [1.165, 1.54) is 42.4 Å². The molecule has 2 aromatic heterocycles. The second kappa shape index (κ2) is 8.07. The van der Waals surface area contributed by atoms with Crippen LogP contribution in [0.5, 0.6) is 0 Å². The van der Waals surface area contributed by atoms with Crippen molar-refractivity contribution in [3.8, 4) is 11.3 Å². The molecule has 2 heterocycles. The molecule has 136 valence electrons. The molecular formula is C23H20Br2N2. The van der Waals surface area contributed by atoms with Crippen molar-refractivity contribution in [2.24, 2.45) is 0 Å². The van der Waals surface area contributed by atoms with E-state index in [4.69, 9.17) is 0 Å². The van der Waals surface area contributed by atoms with Gasteiger partial charge in [0.2, 0.25) is 0 Å². The largest absolute Gasteiger partial charge is 0.254 e. The molecule has 1 aliphatic rings. The molecule has 2 nitrogen and oxygen atoms in total. The van der Waals surface area contributed by atoms with Gasteiger partial charge in [-0.3, -0.25) is 4.98 Å². The van der Waals surface area contributed by atoms with Gasteiger partial charge in [-0.25, -0.2) is 4.98 Å². The molecule has 0 spiro atoms. The molecule has 0 bridgehead atoms. The zero-order valence-electron chi connectivity index (χ0n) is 15.2. The molecule has 0 radical (unpaired) electrons. The van der Waals surface area contributed by atoms with Crippen LogP contribution in [0.3, 0.4) is 0 Å². The number of hydrogen-bond acceptors (Lipinski definition) is 2. The Morgan fingerprint density at radius 1 is 0.889 bits per heavy atom. The first-order valence-electron chi connectivity index (χ1n) is 9.18. The normalized spacial score (nSPS) is 13.7. The van der Waals surface area contributed by atoms with Crippen molar-refractivity contribution in [1.82, 2.24) is 9.97 Å². The highest BCUT2D eigenvalue weighted by molar-refractivity contribution is 9.10. The zero-order chi connectivity index (χ0) is 18.8. The molecule has 4 heteroatoms. The molecule has 27 heavy (non-hydrogen) atoms. The van der Waals surface area contributed by atoms with Gasteiger partial charge in [0.1, 0.15) is 4.60 Å². The van der Waals surface area contributed by atoms with E-state index in [0.717, 1.165) is 31.5 Å². The van der Waals surface area contributed by atoms with Gasteiger partial charge in [-0.05, 0) is 98.9 Å². The van der Waals surface area contributed by atoms with Crippen molar-refractivity contribution in [3.05, 3.63) is 79.6 Å². The van der Waals surface area contributed by atoms with E-state index >= 15 is 0 Å². The van der Waals surface area contributed by atoms with Gasteiger partial charge in [-0.2, -0.15) is 0 Å². The molecule has 0 amide bonds. The van der Waals surface area contributed by atoms with Crippen molar-refractivity contribution in [2.45, 2.75) is 32.6 Å². The molecule has 4 rings (SSSR count). The summed E-state index contributed by atoms with van der Waals surface area (Å²) in [6.07, 6.45) is 13.1. The van der Waals surface area contributed by atoms with Gasteiger partial charge < -0.3 is 0 Å². The lowest BCUT2D eigenvalue weighted by Gasteiger charge is -2.15. The number of nitrogens with zero attached hydrogens (tertiary/aromatic N) is 2. The van der Waals surface area contributed by atoms with Crippen LogP contribution in [0.1, 0.15) is 40.7 Å². The highest BCUT2D eigenvalue weighted by atomic mass is 79.9. The third-order valence-electron chi connectivity index (χ3n) is 5.00. The molecule has 0 N–H and O–H groups in total. The first kappa shape index (κ1) is 18.6. The average Bonchev–Trinajstić information content (AvgIpc) is 2.68. The maximum atomic E-state index is 4.65. The number of halogens is 2. The second-order valence-corrected chi connectivity index (χ2v) is 8.66. The van der Waals surface area contributed by atoms with E-state index in [-0.39, 0.29) is 0 Å². The number of rotatable bonds is 3. The Balaban J connectivity index is 1.70. The Kier molecular flexibility index (Phi) is 5.55. The van der Waals surface area contributed by atoms with Gasteiger partial charge in [-0.15, -0.1) is 0 Å². The molecule has 3 aromatic rings. The number of aryl methyl sites for hydroxylation is 3. The van der Waals surface area contributed by atoms with Crippen LogP contribution in [0, 0.1) is 6.92 Å². The van der Waals surface area contributed by atoms with Crippen molar-refractivity contribution >= 4 is 44.0 Å². The number of benzene rings is 1. The third kappa shape index (κ3) is 4.22. The third-order valence-corrected chi connectivity index (χ3v) is 6.26. The summed E-state index contributed by atoms with van der Waals surface area (Å²) in [7, 11) is 0. The number of fused-ring (bicyclic) bond motifs is 1. The summed E-state index contributed by atoms with van der Waals surface area (Å²) in [5.41, 5.74) is 8.39. The highest BCUT2D eigenvalue weighted by Crippen LogP contribution is 2.28. The fourth-order valence-corrected chi connectivity index (χ4v) is 4.12. The number of pyridine rings is 2. The van der Waals surface area contributed by atoms with Crippen LogP contribution in [0.2, 0.25) is 0 Å². The molecule has 0 aliphatic heterocycles. The predicted molar refractivity (Wildman–Crippen MR) is 120 cm³/mol. The summed E-state index contributed by atoms with van der Waals surface area (Å²) in [5, 5.41) is 0. The van der Waals surface area contributed by atoms with E-state index in [1.54, 1.807) is 0 Å². The molecule has 1 aliphatic carbocycles. The van der Waals surface area contributed by atoms with E-state index in [1.807, 2.05) is 19.3 Å². The summed E-state index contributed by atoms with van der Waals surface area (Å²) >= 11 is 7.02. The van der Waals surface area contributed by atoms with Crippen LogP contribution >= 0.6 is 31.9 Å². The summed E-state index contributed by atoms with van der Waals surface area (Å²) in [6, 6.07) is 11.1. The Hall–Kier alpha value is -1.78. The molecule has 0 atom stereocenters. The average molecular weight is 484 g/mol. The van der Waals surface area contributed by atoms with E-state index < -0.39 is 0 Å². The standard InChI is InChI=1S/C23H20Br2N2/c1-15-10-20(13-27-23(15)25)22-19(12-21(24)14-26-22)9-7-16-6-8-17-4-2-3-5-18(17)11-16/h6-14H,2-5H2,1H3/b9-7+. The van der Waals surface area contributed by atoms with Crippen molar-refractivity contribution in [1.29, 1.82) is 0 Å². The van der Waals surface area contributed by atoms with Crippen molar-refractivity contribution in [3.63, 3.8) is 0 Å². The smallest absolute Gasteiger partial charge is 0.109 e.